The van der Waals surface area contributed by atoms with Gasteiger partial charge in [-0.3, -0.25) is 4.79 Å². The second kappa shape index (κ2) is 4.47. The van der Waals surface area contributed by atoms with Crippen LogP contribution in [0.5, 0.6) is 0 Å². The Bertz CT molecular complexity index is 353. The van der Waals surface area contributed by atoms with E-state index < -0.39 is 0 Å². The molecule has 79 valence electrons. The highest BCUT2D eigenvalue weighted by Gasteiger charge is 2.18. The Hall–Kier alpha value is -1.31. The fraction of sp³-hybridized carbons (Fsp3) is 0.385. The van der Waals surface area contributed by atoms with E-state index in [9.17, 15) is 4.79 Å². The summed E-state index contributed by atoms with van der Waals surface area (Å²) in [6, 6.07) is 7.55. The van der Waals surface area contributed by atoms with E-state index in [4.69, 9.17) is 0 Å². The Kier molecular flexibility index (Phi) is 3.05. The molecule has 0 saturated carbocycles. The van der Waals surface area contributed by atoms with Gasteiger partial charge in [-0.15, -0.1) is 0 Å². The van der Waals surface area contributed by atoms with Gasteiger partial charge >= 0.3 is 0 Å². The van der Waals surface area contributed by atoms with E-state index in [2.05, 4.69) is 6.92 Å². The summed E-state index contributed by atoms with van der Waals surface area (Å²) in [5.41, 5.74) is 1.58. The Morgan fingerprint density at radius 1 is 1.13 bits per heavy atom. The standard InChI is InChI=1S/C13H16NO/c1-11-7-3-4-8-12(11)13(15)14-9-5-2-6-10-14/h3-4,7-8H,1-2,5-6,9-10H2. The summed E-state index contributed by atoms with van der Waals surface area (Å²) in [7, 11) is 0. The summed E-state index contributed by atoms with van der Waals surface area (Å²) in [6.07, 6.45) is 3.51. The van der Waals surface area contributed by atoms with Gasteiger partial charge in [-0.25, -0.2) is 0 Å². The molecule has 15 heavy (non-hydrogen) atoms. The second-order valence-corrected chi connectivity index (χ2v) is 4.01. The van der Waals surface area contributed by atoms with Gasteiger partial charge in [0.05, 0.1) is 0 Å². The summed E-state index contributed by atoms with van der Waals surface area (Å²) in [4.78, 5) is 14.0. The lowest BCUT2D eigenvalue weighted by Gasteiger charge is -2.27. The topological polar surface area (TPSA) is 20.3 Å². The molecule has 0 aliphatic carbocycles. The maximum Gasteiger partial charge on any atom is 0.254 e. The van der Waals surface area contributed by atoms with Gasteiger partial charge < -0.3 is 4.90 Å². The van der Waals surface area contributed by atoms with Crippen molar-refractivity contribution in [3.05, 3.63) is 42.3 Å². The van der Waals surface area contributed by atoms with E-state index in [0.717, 1.165) is 37.1 Å². The van der Waals surface area contributed by atoms with Gasteiger partial charge in [0.2, 0.25) is 0 Å². The summed E-state index contributed by atoms with van der Waals surface area (Å²) >= 11 is 0. The highest BCUT2D eigenvalue weighted by molar-refractivity contribution is 5.96. The minimum Gasteiger partial charge on any atom is -0.339 e. The molecule has 0 aromatic heterocycles. The van der Waals surface area contributed by atoms with Crippen molar-refractivity contribution in [2.45, 2.75) is 19.3 Å². The van der Waals surface area contributed by atoms with Crippen molar-refractivity contribution >= 4 is 5.91 Å². The molecular weight excluding hydrogens is 186 g/mol. The highest BCUT2D eigenvalue weighted by atomic mass is 16.2. The number of rotatable bonds is 1. The van der Waals surface area contributed by atoms with Crippen LogP contribution in [-0.2, 0) is 0 Å². The molecule has 2 nitrogen and oxygen atoms in total. The largest absolute Gasteiger partial charge is 0.339 e. The summed E-state index contributed by atoms with van der Waals surface area (Å²) in [5.74, 6) is 0.139. The van der Waals surface area contributed by atoms with Gasteiger partial charge in [0.1, 0.15) is 0 Å². The van der Waals surface area contributed by atoms with Gasteiger partial charge in [-0.1, -0.05) is 18.2 Å². The van der Waals surface area contributed by atoms with Crippen LogP contribution in [0.2, 0.25) is 0 Å². The number of amides is 1. The molecule has 1 aromatic rings. The van der Waals surface area contributed by atoms with Crippen LogP contribution in [0.15, 0.2) is 24.3 Å². The maximum absolute atomic E-state index is 12.1. The molecule has 1 fully saturated rings. The number of hydrogen-bond acceptors (Lipinski definition) is 1. The average Bonchev–Trinajstić information content (AvgIpc) is 2.30. The van der Waals surface area contributed by atoms with Crippen molar-refractivity contribution in [2.24, 2.45) is 0 Å². The predicted molar refractivity (Wildman–Crippen MR) is 60.7 cm³/mol. The van der Waals surface area contributed by atoms with Crippen LogP contribution >= 0.6 is 0 Å². The molecule has 1 aliphatic rings. The van der Waals surface area contributed by atoms with Crippen molar-refractivity contribution < 1.29 is 4.79 Å². The van der Waals surface area contributed by atoms with Crippen LogP contribution in [-0.4, -0.2) is 23.9 Å². The van der Waals surface area contributed by atoms with Crippen molar-refractivity contribution in [1.29, 1.82) is 0 Å². The SMILES string of the molecule is [CH2]c1ccccc1C(=O)N1CCCCC1. The Balaban J connectivity index is 2.16. The second-order valence-electron chi connectivity index (χ2n) is 4.01. The van der Waals surface area contributed by atoms with Gasteiger partial charge in [0, 0.05) is 18.7 Å². The number of hydrogen-bond donors (Lipinski definition) is 0. The van der Waals surface area contributed by atoms with Gasteiger partial charge in [-0.05, 0) is 37.8 Å². The van der Waals surface area contributed by atoms with E-state index in [1.165, 1.54) is 6.42 Å². The third-order valence-corrected chi connectivity index (χ3v) is 2.89. The van der Waals surface area contributed by atoms with E-state index >= 15 is 0 Å². The quantitative estimate of drug-likeness (QED) is 0.685. The van der Waals surface area contributed by atoms with Gasteiger partial charge in [-0.2, -0.15) is 0 Å². The lowest BCUT2D eigenvalue weighted by molar-refractivity contribution is 0.0724. The molecule has 2 rings (SSSR count). The monoisotopic (exact) mass is 202 g/mol. The first-order valence-corrected chi connectivity index (χ1v) is 5.49. The van der Waals surface area contributed by atoms with Crippen LogP contribution in [0.4, 0.5) is 0 Å². The summed E-state index contributed by atoms with van der Waals surface area (Å²) in [5, 5.41) is 0. The molecule has 0 N–H and O–H groups in total. The zero-order valence-electron chi connectivity index (χ0n) is 8.91. The first kappa shape index (κ1) is 10.2. The van der Waals surface area contributed by atoms with Crippen molar-refractivity contribution in [3.63, 3.8) is 0 Å². The van der Waals surface area contributed by atoms with Gasteiger partial charge in [0.25, 0.3) is 5.91 Å². The molecule has 1 aromatic carbocycles. The number of carbonyl (C=O) groups is 1. The van der Waals surface area contributed by atoms with Crippen molar-refractivity contribution in [2.75, 3.05) is 13.1 Å². The molecule has 1 aliphatic heterocycles. The fourth-order valence-electron chi connectivity index (χ4n) is 2.00. The van der Waals surface area contributed by atoms with Crippen molar-refractivity contribution in [1.82, 2.24) is 4.90 Å². The van der Waals surface area contributed by atoms with E-state index in [1.807, 2.05) is 29.2 Å². The summed E-state index contributed by atoms with van der Waals surface area (Å²) < 4.78 is 0. The van der Waals surface area contributed by atoms with Crippen LogP contribution in [0.25, 0.3) is 0 Å². The number of carbonyl (C=O) groups excluding carboxylic acids is 1. The lowest BCUT2D eigenvalue weighted by Crippen LogP contribution is -2.35. The number of nitrogens with zero attached hydrogens (tertiary/aromatic N) is 1. The molecule has 1 radical (unpaired) electrons. The predicted octanol–water partition coefficient (Wildman–Crippen LogP) is 2.49. The molecule has 1 heterocycles. The smallest absolute Gasteiger partial charge is 0.254 e. The minimum absolute atomic E-state index is 0.139. The Labute approximate surface area is 90.9 Å². The fourth-order valence-corrected chi connectivity index (χ4v) is 2.00. The number of likely N-dealkylation sites (tertiary alicyclic amines) is 1. The highest BCUT2D eigenvalue weighted by Crippen LogP contribution is 2.15. The third-order valence-electron chi connectivity index (χ3n) is 2.89. The lowest BCUT2D eigenvalue weighted by atomic mass is 10.1. The molecule has 1 saturated heterocycles. The normalized spacial score (nSPS) is 16.5. The minimum atomic E-state index is 0.139. The van der Waals surface area contributed by atoms with Crippen LogP contribution in [0.1, 0.15) is 35.2 Å². The Morgan fingerprint density at radius 3 is 2.47 bits per heavy atom. The van der Waals surface area contributed by atoms with Crippen molar-refractivity contribution in [3.8, 4) is 0 Å². The molecule has 0 bridgehead atoms. The van der Waals surface area contributed by atoms with E-state index in [-0.39, 0.29) is 5.91 Å². The molecule has 0 spiro atoms. The summed E-state index contributed by atoms with van der Waals surface area (Å²) in [6.45, 7) is 5.68. The van der Waals surface area contributed by atoms with Crippen LogP contribution in [0.3, 0.4) is 0 Å². The molecular formula is C13H16NO. The molecule has 0 unspecified atom stereocenters. The van der Waals surface area contributed by atoms with E-state index in [1.54, 1.807) is 0 Å². The third kappa shape index (κ3) is 2.20. The van der Waals surface area contributed by atoms with Gasteiger partial charge in [0.15, 0.2) is 0 Å². The maximum atomic E-state index is 12.1. The molecule has 2 heteroatoms. The first-order chi connectivity index (χ1) is 7.29. The Morgan fingerprint density at radius 2 is 1.80 bits per heavy atom. The number of benzene rings is 1. The number of piperidine rings is 1. The molecule has 1 amide bonds. The van der Waals surface area contributed by atoms with Crippen LogP contribution in [0, 0.1) is 6.92 Å². The molecule has 0 atom stereocenters. The van der Waals surface area contributed by atoms with Crippen LogP contribution < -0.4 is 0 Å². The zero-order chi connectivity index (χ0) is 10.7. The first-order valence-electron chi connectivity index (χ1n) is 5.49. The average molecular weight is 202 g/mol. The van der Waals surface area contributed by atoms with E-state index in [0.29, 0.717) is 0 Å². The zero-order valence-corrected chi connectivity index (χ0v) is 8.91.